The van der Waals surface area contributed by atoms with E-state index in [-0.39, 0.29) is 18.3 Å². The third-order valence-electron chi connectivity index (χ3n) is 3.13. The van der Waals surface area contributed by atoms with Crippen LogP contribution in [-0.2, 0) is 21.9 Å². The standard InChI is InChI=1S/C18H14FNO4S/c19-14-5-3-13(4-6-14)16-10-20-17(24-16)11-23-18(21)7-9-25-12-15-2-1-8-22-15/h1-10H,11-12H2/b9-7+. The van der Waals surface area contributed by atoms with Crippen molar-refractivity contribution in [3.05, 3.63) is 77.8 Å². The van der Waals surface area contributed by atoms with Gasteiger partial charge < -0.3 is 13.6 Å². The molecular formula is C18H14FNO4S. The number of furan rings is 1. The number of nitrogens with zero attached hydrogens (tertiary/aromatic N) is 1. The molecule has 128 valence electrons. The van der Waals surface area contributed by atoms with E-state index in [1.807, 2.05) is 12.1 Å². The summed E-state index contributed by atoms with van der Waals surface area (Å²) in [6, 6.07) is 9.52. The van der Waals surface area contributed by atoms with E-state index in [0.29, 0.717) is 17.1 Å². The molecule has 0 saturated heterocycles. The van der Waals surface area contributed by atoms with E-state index in [4.69, 9.17) is 13.6 Å². The Morgan fingerprint density at radius 1 is 1.28 bits per heavy atom. The van der Waals surface area contributed by atoms with Crippen LogP contribution in [0.1, 0.15) is 11.7 Å². The fourth-order valence-corrected chi connectivity index (χ4v) is 2.57. The van der Waals surface area contributed by atoms with Crippen LogP contribution >= 0.6 is 11.8 Å². The number of oxazole rings is 1. The summed E-state index contributed by atoms with van der Waals surface area (Å²) in [5, 5.41) is 1.64. The Labute approximate surface area is 147 Å². The number of thioether (sulfide) groups is 1. The molecule has 0 fully saturated rings. The number of hydrogen-bond donors (Lipinski definition) is 0. The Balaban J connectivity index is 1.45. The number of ether oxygens (including phenoxy) is 1. The van der Waals surface area contributed by atoms with Crippen molar-refractivity contribution in [1.29, 1.82) is 0 Å². The van der Waals surface area contributed by atoms with Crippen molar-refractivity contribution >= 4 is 17.7 Å². The lowest BCUT2D eigenvalue weighted by Gasteiger charge is -1.98. The third-order valence-corrected chi connectivity index (χ3v) is 3.91. The van der Waals surface area contributed by atoms with Gasteiger partial charge in [-0.3, -0.25) is 0 Å². The summed E-state index contributed by atoms with van der Waals surface area (Å²) in [5.74, 6) is 1.40. The van der Waals surface area contributed by atoms with Crippen LogP contribution < -0.4 is 0 Å². The Morgan fingerprint density at radius 3 is 2.88 bits per heavy atom. The van der Waals surface area contributed by atoms with E-state index < -0.39 is 5.97 Å². The molecule has 0 unspecified atom stereocenters. The van der Waals surface area contributed by atoms with E-state index in [1.54, 1.807) is 23.8 Å². The maximum atomic E-state index is 12.9. The quantitative estimate of drug-likeness (QED) is 0.455. The normalized spacial score (nSPS) is 11.1. The molecule has 0 bridgehead atoms. The number of rotatable bonds is 7. The average molecular weight is 359 g/mol. The van der Waals surface area contributed by atoms with E-state index in [9.17, 15) is 9.18 Å². The van der Waals surface area contributed by atoms with E-state index >= 15 is 0 Å². The van der Waals surface area contributed by atoms with Crippen molar-refractivity contribution in [2.75, 3.05) is 0 Å². The van der Waals surface area contributed by atoms with Gasteiger partial charge in [-0.1, -0.05) is 0 Å². The summed E-state index contributed by atoms with van der Waals surface area (Å²) in [6.45, 7) is -0.0762. The monoisotopic (exact) mass is 359 g/mol. The zero-order chi connectivity index (χ0) is 17.5. The van der Waals surface area contributed by atoms with Crippen molar-refractivity contribution in [2.24, 2.45) is 0 Å². The van der Waals surface area contributed by atoms with Gasteiger partial charge in [-0.2, -0.15) is 0 Å². The summed E-state index contributed by atoms with van der Waals surface area (Å²) in [5.41, 5.74) is 0.695. The maximum Gasteiger partial charge on any atom is 0.331 e. The van der Waals surface area contributed by atoms with Gasteiger partial charge in [0, 0.05) is 11.6 Å². The molecule has 0 amide bonds. The molecule has 25 heavy (non-hydrogen) atoms. The molecule has 0 aliphatic rings. The highest BCUT2D eigenvalue weighted by atomic mass is 32.2. The van der Waals surface area contributed by atoms with Crippen LogP contribution in [0.4, 0.5) is 4.39 Å². The van der Waals surface area contributed by atoms with Crippen LogP contribution in [0, 0.1) is 5.82 Å². The van der Waals surface area contributed by atoms with Crippen LogP contribution in [0.2, 0.25) is 0 Å². The topological polar surface area (TPSA) is 65.5 Å². The van der Waals surface area contributed by atoms with E-state index in [0.717, 1.165) is 5.76 Å². The SMILES string of the molecule is O=C(/C=C/SCc1ccco1)OCc1ncc(-c2ccc(F)cc2)o1. The lowest BCUT2D eigenvalue weighted by molar-refractivity contribution is -0.139. The molecule has 0 aliphatic heterocycles. The van der Waals surface area contributed by atoms with Gasteiger partial charge in [-0.05, 0) is 41.8 Å². The zero-order valence-corrected chi connectivity index (χ0v) is 13.9. The highest BCUT2D eigenvalue weighted by Crippen LogP contribution is 2.21. The van der Waals surface area contributed by atoms with Gasteiger partial charge in [0.05, 0.1) is 18.2 Å². The largest absolute Gasteiger partial charge is 0.468 e. The molecule has 0 saturated carbocycles. The Bertz CT molecular complexity index is 840. The second-order valence-electron chi connectivity index (χ2n) is 4.93. The highest BCUT2D eigenvalue weighted by molar-refractivity contribution is 8.01. The van der Waals surface area contributed by atoms with E-state index in [2.05, 4.69) is 4.98 Å². The molecule has 3 rings (SSSR count). The summed E-state index contributed by atoms with van der Waals surface area (Å²) >= 11 is 1.42. The number of halogens is 1. The molecule has 2 heterocycles. The minimum Gasteiger partial charge on any atom is -0.468 e. The summed E-state index contributed by atoms with van der Waals surface area (Å²) in [7, 11) is 0. The van der Waals surface area contributed by atoms with Crippen molar-refractivity contribution < 1.29 is 22.8 Å². The third kappa shape index (κ3) is 5.09. The van der Waals surface area contributed by atoms with Crippen molar-refractivity contribution in [2.45, 2.75) is 12.4 Å². The number of aromatic nitrogens is 1. The molecule has 1 aromatic carbocycles. The smallest absolute Gasteiger partial charge is 0.331 e. The van der Waals surface area contributed by atoms with Gasteiger partial charge in [0.15, 0.2) is 12.4 Å². The van der Waals surface area contributed by atoms with Crippen molar-refractivity contribution in [1.82, 2.24) is 4.98 Å². The Hall–Kier alpha value is -2.80. The molecule has 0 atom stereocenters. The lowest BCUT2D eigenvalue weighted by Crippen LogP contribution is -2.00. The van der Waals surface area contributed by atoms with Gasteiger partial charge in [-0.15, -0.1) is 11.8 Å². The van der Waals surface area contributed by atoms with Crippen LogP contribution in [0.3, 0.4) is 0 Å². The number of benzene rings is 1. The van der Waals surface area contributed by atoms with Gasteiger partial charge in [0.25, 0.3) is 0 Å². The fourth-order valence-electron chi connectivity index (χ4n) is 1.93. The molecule has 0 N–H and O–H groups in total. The Kier molecular flexibility index (Phi) is 5.69. The Morgan fingerprint density at radius 2 is 2.12 bits per heavy atom. The average Bonchev–Trinajstić information content (AvgIpc) is 3.29. The molecule has 5 nitrogen and oxygen atoms in total. The van der Waals surface area contributed by atoms with Gasteiger partial charge in [0.1, 0.15) is 11.6 Å². The molecule has 3 aromatic rings. The van der Waals surface area contributed by atoms with E-state index in [1.165, 1.54) is 36.2 Å². The second kappa shape index (κ2) is 8.34. The molecule has 2 aromatic heterocycles. The first-order chi connectivity index (χ1) is 12.2. The first-order valence-electron chi connectivity index (χ1n) is 7.38. The zero-order valence-electron chi connectivity index (χ0n) is 13.1. The number of hydrogen-bond acceptors (Lipinski definition) is 6. The predicted molar refractivity (Wildman–Crippen MR) is 90.8 cm³/mol. The van der Waals surface area contributed by atoms with Crippen LogP contribution in [0.25, 0.3) is 11.3 Å². The summed E-state index contributed by atoms with van der Waals surface area (Å²) < 4.78 is 28.6. The maximum absolute atomic E-state index is 12.9. The van der Waals surface area contributed by atoms with Gasteiger partial charge in [-0.25, -0.2) is 14.2 Å². The summed E-state index contributed by atoms with van der Waals surface area (Å²) in [4.78, 5) is 15.7. The minimum absolute atomic E-state index is 0.0762. The molecular weight excluding hydrogens is 345 g/mol. The summed E-state index contributed by atoms with van der Waals surface area (Å²) in [6.07, 6.45) is 4.44. The molecule has 0 spiro atoms. The van der Waals surface area contributed by atoms with Crippen molar-refractivity contribution in [3.63, 3.8) is 0 Å². The predicted octanol–water partition coefficient (Wildman–Crippen LogP) is 4.56. The van der Waals surface area contributed by atoms with Gasteiger partial charge >= 0.3 is 5.97 Å². The van der Waals surface area contributed by atoms with Crippen LogP contribution in [-0.4, -0.2) is 11.0 Å². The minimum atomic E-state index is -0.492. The van der Waals surface area contributed by atoms with Crippen molar-refractivity contribution in [3.8, 4) is 11.3 Å². The number of esters is 1. The number of carbonyl (C=O) groups excluding carboxylic acids is 1. The first kappa shape index (κ1) is 17.0. The first-order valence-corrected chi connectivity index (χ1v) is 8.43. The second-order valence-corrected chi connectivity index (χ2v) is 5.82. The molecule has 7 heteroatoms. The molecule has 0 radical (unpaired) electrons. The van der Waals surface area contributed by atoms with Crippen LogP contribution in [0.5, 0.6) is 0 Å². The lowest BCUT2D eigenvalue weighted by atomic mass is 10.2. The number of carbonyl (C=O) groups is 1. The van der Waals surface area contributed by atoms with Gasteiger partial charge in [0.2, 0.25) is 5.89 Å². The fraction of sp³-hybridized carbons (Fsp3) is 0.111. The highest BCUT2D eigenvalue weighted by Gasteiger charge is 2.08. The molecule has 0 aliphatic carbocycles. The van der Waals surface area contributed by atoms with Crippen LogP contribution in [0.15, 0.2) is 69.2 Å².